The molecule has 0 saturated carbocycles. The molecule has 2 aliphatic rings. The Morgan fingerprint density at radius 1 is 1.18 bits per heavy atom. The van der Waals surface area contributed by atoms with Crippen LogP contribution in [0.2, 0.25) is 0 Å². The van der Waals surface area contributed by atoms with Gasteiger partial charge in [-0.25, -0.2) is 0 Å². The van der Waals surface area contributed by atoms with Crippen LogP contribution in [-0.2, 0) is 16.0 Å². The monoisotopic (exact) mass is 380 g/mol. The van der Waals surface area contributed by atoms with Gasteiger partial charge in [0.2, 0.25) is 5.91 Å². The van der Waals surface area contributed by atoms with Crippen molar-refractivity contribution in [1.29, 1.82) is 0 Å². The molecule has 2 aromatic rings. The van der Waals surface area contributed by atoms with E-state index >= 15 is 0 Å². The van der Waals surface area contributed by atoms with E-state index in [1.807, 2.05) is 23.2 Å². The van der Waals surface area contributed by atoms with E-state index < -0.39 is 11.5 Å². The second kappa shape index (κ2) is 8.41. The molecule has 5 heteroatoms. The molecule has 28 heavy (non-hydrogen) atoms. The van der Waals surface area contributed by atoms with Gasteiger partial charge < -0.3 is 14.7 Å². The quantitative estimate of drug-likeness (QED) is 0.885. The molecular formula is C23H28N2O3. The number of rotatable bonds is 4. The highest BCUT2D eigenvalue weighted by Gasteiger charge is 2.43. The van der Waals surface area contributed by atoms with Crippen LogP contribution in [0.15, 0.2) is 48.8 Å². The predicted octanol–water partition coefficient (Wildman–Crippen LogP) is 3.07. The van der Waals surface area contributed by atoms with Gasteiger partial charge in [-0.3, -0.25) is 9.78 Å². The first-order chi connectivity index (χ1) is 13.7. The van der Waals surface area contributed by atoms with E-state index in [-0.39, 0.29) is 5.91 Å². The first kappa shape index (κ1) is 19.1. The smallest absolute Gasteiger partial charge is 0.229 e. The standard InChI is InChI=1S/C23H28N2O3/c26-21-4-2-12-25(17-21)22(27)23(9-13-28-14-10-23)15-18-5-7-19(8-6-18)20-3-1-11-24-16-20/h1,3,5-8,11,16,21,26H,2,4,9-10,12-15,17H2/t21-/m0/s1. The molecule has 5 nitrogen and oxygen atoms in total. The second-order valence-corrected chi connectivity index (χ2v) is 8.06. The van der Waals surface area contributed by atoms with Crippen LogP contribution in [0.5, 0.6) is 0 Å². The fourth-order valence-electron chi connectivity index (χ4n) is 4.44. The number of carbonyl (C=O) groups excluding carboxylic acids is 1. The number of nitrogens with zero attached hydrogens (tertiary/aromatic N) is 2. The maximum atomic E-state index is 13.5. The molecule has 0 unspecified atom stereocenters. The summed E-state index contributed by atoms with van der Waals surface area (Å²) in [6, 6.07) is 12.4. The van der Waals surface area contributed by atoms with E-state index in [9.17, 15) is 9.90 Å². The Hall–Kier alpha value is -2.24. The highest BCUT2D eigenvalue weighted by atomic mass is 16.5. The van der Waals surface area contributed by atoms with Gasteiger partial charge in [0.05, 0.1) is 11.5 Å². The minimum Gasteiger partial charge on any atom is -0.391 e. The summed E-state index contributed by atoms with van der Waals surface area (Å²) < 4.78 is 5.57. The molecule has 1 amide bonds. The lowest BCUT2D eigenvalue weighted by Crippen LogP contribution is -2.52. The molecule has 0 bridgehead atoms. The molecule has 3 heterocycles. The average Bonchev–Trinajstić information content (AvgIpc) is 2.75. The van der Waals surface area contributed by atoms with Gasteiger partial charge in [0.1, 0.15) is 0 Å². The van der Waals surface area contributed by atoms with E-state index in [0.717, 1.165) is 49.8 Å². The number of likely N-dealkylation sites (tertiary alicyclic amines) is 1. The Balaban J connectivity index is 1.54. The van der Waals surface area contributed by atoms with E-state index in [4.69, 9.17) is 4.74 Å². The normalized spacial score (nSPS) is 22.0. The lowest BCUT2D eigenvalue weighted by atomic mass is 9.73. The largest absolute Gasteiger partial charge is 0.391 e. The number of benzene rings is 1. The van der Waals surface area contributed by atoms with E-state index in [1.165, 1.54) is 5.56 Å². The van der Waals surface area contributed by atoms with Crippen LogP contribution in [0.4, 0.5) is 0 Å². The summed E-state index contributed by atoms with van der Waals surface area (Å²) in [4.78, 5) is 19.5. The fraction of sp³-hybridized carbons (Fsp3) is 0.478. The average molecular weight is 380 g/mol. The first-order valence-corrected chi connectivity index (χ1v) is 10.2. The van der Waals surface area contributed by atoms with Gasteiger partial charge in [-0.2, -0.15) is 0 Å². The highest BCUT2D eigenvalue weighted by Crippen LogP contribution is 2.37. The van der Waals surface area contributed by atoms with Crippen molar-refractivity contribution in [2.24, 2.45) is 5.41 Å². The number of hydrogen-bond donors (Lipinski definition) is 1. The minimum absolute atomic E-state index is 0.186. The summed E-state index contributed by atoms with van der Waals surface area (Å²) in [6.07, 6.45) is 7.10. The topological polar surface area (TPSA) is 62.7 Å². The van der Waals surface area contributed by atoms with Crippen LogP contribution in [0.1, 0.15) is 31.2 Å². The molecule has 2 fully saturated rings. The summed E-state index contributed by atoms with van der Waals surface area (Å²) in [6.45, 7) is 2.45. The number of piperidine rings is 1. The number of aliphatic hydroxyl groups is 1. The van der Waals surface area contributed by atoms with Gasteiger partial charge in [-0.05, 0) is 54.9 Å². The lowest BCUT2D eigenvalue weighted by Gasteiger charge is -2.42. The van der Waals surface area contributed by atoms with Crippen LogP contribution in [0.25, 0.3) is 11.1 Å². The van der Waals surface area contributed by atoms with Crippen molar-refractivity contribution in [2.45, 2.75) is 38.2 Å². The Morgan fingerprint density at radius 2 is 1.96 bits per heavy atom. The molecule has 2 aliphatic heterocycles. The molecule has 1 aromatic heterocycles. The molecule has 148 valence electrons. The van der Waals surface area contributed by atoms with Crippen molar-refractivity contribution in [3.05, 3.63) is 54.4 Å². The number of carbonyl (C=O) groups is 1. The van der Waals surface area contributed by atoms with Gasteiger partial charge >= 0.3 is 0 Å². The van der Waals surface area contributed by atoms with Crippen LogP contribution < -0.4 is 0 Å². The summed E-state index contributed by atoms with van der Waals surface area (Å²) >= 11 is 0. The summed E-state index contributed by atoms with van der Waals surface area (Å²) in [5.74, 6) is 0.186. The third-order valence-corrected chi connectivity index (χ3v) is 6.08. The number of aromatic nitrogens is 1. The van der Waals surface area contributed by atoms with Crippen molar-refractivity contribution in [3.8, 4) is 11.1 Å². The minimum atomic E-state index is -0.425. The van der Waals surface area contributed by atoms with Gasteiger partial charge in [-0.1, -0.05) is 30.3 Å². The van der Waals surface area contributed by atoms with Gasteiger partial charge in [0.15, 0.2) is 0 Å². The number of ether oxygens (including phenoxy) is 1. The molecule has 2 saturated heterocycles. The highest BCUT2D eigenvalue weighted by molar-refractivity contribution is 5.83. The SMILES string of the molecule is O=C(N1CCC[C@H](O)C1)C1(Cc2ccc(-c3cccnc3)cc2)CCOCC1. The van der Waals surface area contributed by atoms with Crippen LogP contribution >= 0.6 is 0 Å². The maximum absolute atomic E-state index is 13.5. The van der Waals surface area contributed by atoms with Crippen molar-refractivity contribution in [1.82, 2.24) is 9.88 Å². The molecule has 0 spiro atoms. The van der Waals surface area contributed by atoms with E-state index in [1.54, 1.807) is 6.20 Å². The van der Waals surface area contributed by atoms with E-state index in [2.05, 4.69) is 29.2 Å². The summed E-state index contributed by atoms with van der Waals surface area (Å²) in [5.41, 5.74) is 2.96. The maximum Gasteiger partial charge on any atom is 0.229 e. The molecular weight excluding hydrogens is 352 g/mol. The molecule has 4 rings (SSSR count). The third-order valence-electron chi connectivity index (χ3n) is 6.08. The molecule has 1 aromatic carbocycles. The number of β-amino-alcohol motifs (C(OH)–C–C–N with tert-alkyl or cyclic N) is 1. The number of amides is 1. The first-order valence-electron chi connectivity index (χ1n) is 10.2. The Kier molecular flexibility index (Phi) is 5.74. The van der Waals surface area contributed by atoms with Gasteiger partial charge in [0, 0.05) is 38.7 Å². The molecule has 1 N–H and O–H groups in total. The molecule has 0 radical (unpaired) electrons. The van der Waals surface area contributed by atoms with Crippen LogP contribution in [-0.4, -0.2) is 53.3 Å². The van der Waals surface area contributed by atoms with Crippen LogP contribution in [0, 0.1) is 5.41 Å². The summed E-state index contributed by atoms with van der Waals surface area (Å²) in [7, 11) is 0. The Morgan fingerprint density at radius 3 is 2.64 bits per heavy atom. The zero-order valence-corrected chi connectivity index (χ0v) is 16.2. The zero-order valence-electron chi connectivity index (χ0n) is 16.2. The third kappa shape index (κ3) is 4.10. The zero-order chi connectivity index (χ0) is 19.4. The van der Waals surface area contributed by atoms with Crippen LogP contribution in [0.3, 0.4) is 0 Å². The summed E-state index contributed by atoms with van der Waals surface area (Å²) in [5, 5.41) is 10.0. The molecule has 0 aliphatic carbocycles. The van der Waals surface area contributed by atoms with Crippen molar-refractivity contribution < 1.29 is 14.6 Å². The lowest BCUT2D eigenvalue weighted by molar-refractivity contribution is -0.151. The second-order valence-electron chi connectivity index (χ2n) is 8.06. The number of hydrogen-bond acceptors (Lipinski definition) is 4. The van der Waals surface area contributed by atoms with Crippen molar-refractivity contribution >= 4 is 5.91 Å². The Labute approximate surface area is 166 Å². The number of aliphatic hydroxyl groups excluding tert-OH is 1. The van der Waals surface area contributed by atoms with Gasteiger partial charge in [-0.15, -0.1) is 0 Å². The Bertz CT molecular complexity index is 785. The van der Waals surface area contributed by atoms with E-state index in [0.29, 0.717) is 19.8 Å². The predicted molar refractivity (Wildman–Crippen MR) is 108 cm³/mol. The fourth-order valence-corrected chi connectivity index (χ4v) is 4.44. The van der Waals surface area contributed by atoms with Gasteiger partial charge in [0.25, 0.3) is 0 Å². The van der Waals surface area contributed by atoms with Crippen molar-refractivity contribution in [2.75, 3.05) is 26.3 Å². The van der Waals surface area contributed by atoms with Crippen molar-refractivity contribution in [3.63, 3.8) is 0 Å². The molecule has 1 atom stereocenters. The number of pyridine rings is 1.